The lowest BCUT2D eigenvalue weighted by atomic mass is 10.2. The third-order valence-electron chi connectivity index (χ3n) is 3.65. The van der Waals surface area contributed by atoms with Gasteiger partial charge in [-0.3, -0.25) is 0 Å². The fourth-order valence-electron chi connectivity index (χ4n) is 3.02. The van der Waals surface area contributed by atoms with E-state index in [1.165, 1.54) is 18.9 Å². The van der Waals surface area contributed by atoms with Crippen molar-refractivity contribution in [3.8, 4) is 0 Å². The topological polar surface area (TPSA) is 9.23 Å². The maximum absolute atomic E-state index is 6.11. The maximum Gasteiger partial charge on any atom is 0.202 e. The molecule has 0 radical (unpaired) electrons. The maximum atomic E-state index is 6.11. The van der Waals surface area contributed by atoms with E-state index in [0.717, 1.165) is 0 Å². The van der Waals surface area contributed by atoms with Crippen molar-refractivity contribution in [1.29, 1.82) is 0 Å². The van der Waals surface area contributed by atoms with Crippen LogP contribution in [-0.2, 0) is 4.43 Å². The van der Waals surface area contributed by atoms with Gasteiger partial charge < -0.3 is 4.43 Å². The molecule has 0 heterocycles. The summed E-state index contributed by atoms with van der Waals surface area (Å²) in [6.45, 7) is 16.4. The van der Waals surface area contributed by atoms with Crippen molar-refractivity contribution < 1.29 is 4.43 Å². The quantitative estimate of drug-likeness (QED) is 0.619. The summed E-state index contributed by atoms with van der Waals surface area (Å²) in [4.78, 5) is 0. The fourth-order valence-corrected chi connectivity index (χ4v) is 9.05. The molecular weight excluding hydrogens is 200 g/mol. The molecular formula is C13H30OSi. The summed E-state index contributed by atoms with van der Waals surface area (Å²) < 4.78 is 6.11. The fraction of sp³-hybridized carbons (Fsp3) is 1.00. The Balaban J connectivity index is 5.13. The van der Waals surface area contributed by atoms with Crippen molar-refractivity contribution in [2.75, 3.05) is 7.11 Å². The standard InChI is InChI=1S/C13H30OSi/c1-9-10-11-15(14-8,12(2,3)4)13(5,6)7/h9-11H2,1-8H3. The van der Waals surface area contributed by atoms with E-state index in [4.69, 9.17) is 4.43 Å². The van der Waals surface area contributed by atoms with Crippen LogP contribution in [0.5, 0.6) is 0 Å². The number of hydrogen-bond acceptors (Lipinski definition) is 1. The number of unbranched alkanes of at least 4 members (excludes halogenated alkanes) is 1. The van der Waals surface area contributed by atoms with Gasteiger partial charge >= 0.3 is 0 Å². The van der Waals surface area contributed by atoms with Crippen molar-refractivity contribution in [2.24, 2.45) is 0 Å². The highest BCUT2D eigenvalue weighted by Crippen LogP contribution is 2.54. The Labute approximate surface area is 97.7 Å². The monoisotopic (exact) mass is 230 g/mol. The normalized spacial score (nSPS) is 14.4. The molecule has 0 aromatic carbocycles. The minimum absolute atomic E-state index is 0.315. The lowest BCUT2D eigenvalue weighted by molar-refractivity contribution is 0.323. The Morgan fingerprint density at radius 2 is 1.33 bits per heavy atom. The van der Waals surface area contributed by atoms with Crippen LogP contribution in [-0.4, -0.2) is 15.4 Å². The van der Waals surface area contributed by atoms with E-state index in [-0.39, 0.29) is 0 Å². The molecule has 0 saturated carbocycles. The Morgan fingerprint density at radius 1 is 0.933 bits per heavy atom. The molecule has 0 aliphatic rings. The van der Waals surface area contributed by atoms with E-state index < -0.39 is 8.32 Å². The molecule has 0 aromatic heterocycles. The zero-order valence-electron chi connectivity index (χ0n) is 12.0. The Kier molecular flexibility index (Phi) is 5.06. The molecule has 1 nitrogen and oxygen atoms in total. The minimum Gasteiger partial charge on any atom is -0.419 e. The van der Waals surface area contributed by atoms with E-state index in [9.17, 15) is 0 Å². The second-order valence-corrected chi connectivity index (χ2v) is 12.2. The first-order valence-corrected chi connectivity index (χ1v) is 8.29. The first kappa shape index (κ1) is 15.2. The van der Waals surface area contributed by atoms with Gasteiger partial charge in [-0.2, -0.15) is 0 Å². The molecule has 0 aromatic rings. The largest absolute Gasteiger partial charge is 0.419 e. The van der Waals surface area contributed by atoms with Gasteiger partial charge in [0.05, 0.1) is 0 Å². The summed E-state index contributed by atoms with van der Waals surface area (Å²) in [7, 11) is 0.235. The highest BCUT2D eigenvalue weighted by molar-refractivity contribution is 6.79. The van der Waals surface area contributed by atoms with Gasteiger partial charge in [0.1, 0.15) is 0 Å². The smallest absolute Gasteiger partial charge is 0.202 e. The first-order valence-electron chi connectivity index (χ1n) is 6.17. The molecule has 0 spiro atoms. The van der Waals surface area contributed by atoms with Gasteiger partial charge in [-0.05, 0) is 16.1 Å². The third kappa shape index (κ3) is 3.07. The SMILES string of the molecule is CCCC[Si](OC)(C(C)(C)C)C(C)(C)C. The van der Waals surface area contributed by atoms with Crippen LogP contribution in [0.1, 0.15) is 61.3 Å². The van der Waals surface area contributed by atoms with Crippen LogP contribution in [0, 0.1) is 0 Å². The summed E-state index contributed by atoms with van der Waals surface area (Å²) in [6.07, 6.45) is 2.57. The van der Waals surface area contributed by atoms with E-state index in [1.807, 2.05) is 7.11 Å². The average molecular weight is 230 g/mol. The molecule has 0 amide bonds. The predicted octanol–water partition coefficient (Wildman–Crippen LogP) is 4.98. The van der Waals surface area contributed by atoms with Crippen LogP contribution in [0.2, 0.25) is 16.1 Å². The van der Waals surface area contributed by atoms with Crippen molar-refractivity contribution in [1.82, 2.24) is 0 Å². The van der Waals surface area contributed by atoms with Gasteiger partial charge in [-0.1, -0.05) is 61.3 Å². The Hall–Kier alpha value is 0.177. The molecule has 0 unspecified atom stereocenters. The van der Waals surface area contributed by atoms with Crippen molar-refractivity contribution in [3.63, 3.8) is 0 Å². The molecule has 15 heavy (non-hydrogen) atoms. The second-order valence-electron chi connectivity index (χ2n) is 6.63. The lowest BCUT2D eigenvalue weighted by Crippen LogP contribution is -2.53. The van der Waals surface area contributed by atoms with Gasteiger partial charge in [-0.15, -0.1) is 0 Å². The van der Waals surface area contributed by atoms with Gasteiger partial charge in [0.15, 0.2) is 0 Å². The van der Waals surface area contributed by atoms with E-state index in [2.05, 4.69) is 48.5 Å². The molecule has 0 saturated heterocycles. The van der Waals surface area contributed by atoms with Gasteiger partial charge in [0, 0.05) is 7.11 Å². The predicted molar refractivity (Wildman–Crippen MR) is 71.9 cm³/mol. The van der Waals surface area contributed by atoms with Crippen molar-refractivity contribution in [3.05, 3.63) is 0 Å². The van der Waals surface area contributed by atoms with Crippen LogP contribution < -0.4 is 0 Å². The summed E-state index contributed by atoms with van der Waals surface area (Å²) in [5.74, 6) is 0. The molecule has 92 valence electrons. The molecule has 0 aliphatic carbocycles. The molecule has 0 bridgehead atoms. The van der Waals surface area contributed by atoms with E-state index in [0.29, 0.717) is 10.1 Å². The van der Waals surface area contributed by atoms with Crippen LogP contribution in [0.25, 0.3) is 0 Å². The van der Waals surface area contributed by atoms with Gasteiger partial charge in [-0.25, -0.2) is 0 Å². The minimum atomic E-state index is -1.69. The Bertz CT molecular complexity index is 172. The van der Waals surface area contributed by atoms with Gasteiger partial charge in [0.25, 0.3) is 0 Å². The van der Waals surface area contributed by atoms with Gasteiger partial charge in [0.2, 0.25) is 8.32 Å². The van der Waals surface area contributed by atoms with E-state index >= 15 is 0 Å². The molecule has 2 heteroatoms. The second kappa shape index (κ2) is 5.01. The third-order valence-corrected chi connectivity index (χ3v) is 10.3. The zero-order chi connectivity index (χ0) is 12.3. The van der Waals surface area contributed by atoms with Crippen LogP contribution >= 0.6 is 0 Å². The molecule has 0 N–H and O–H groups in total. The number of rotatable bonds is 4. The van der Waals surface area contributed by atoms with Crippen LogP contribution in [0.15, 0.2) is 0 Å². The molecule has 0 fully saturated rings. The highest BCUT2D eigenvalue weighted by Gasteiger charge is 2.53. The lowest BCUT2D eigenvalue weighted by Gasteiger charge is -2.50. The van der Waals surface area contributed by atoms with E-state index in [1.54, 1.807) is 0 Å². The molecule has 0 aliphatic heterocycles. The van der Waals surface area contributed by atoms with Crippen LogP contribution in [0.3, 0.4) is 0 Å². The van der Waals surface area contributed by atoms with Crippen molar-refractivity contribution in [2.45, 2.75) is 77.4 Å². The number of hydrogen-bond donors (Lipinski definition) is 0. The zero-order valence-corrected chi connectivity index (χ0v) is 13.0. The molecule has 0 rings (SSSR count). The molecule has 0 atom stereocenters. The average Bonchev–Trinajstić information content (AvgIpc) is 2.01. The highest BCUT2D eigenvalue weighted by atomic mass is 28.4. The Morgan fingerprint density at radius 3 is 1.53 bits per heavy atom. The summed E-state index contributed by atoms with van der Waals surface area (Å²) >= 11 is 0. The summed E-state index contributed by atoms with van der Waals surface area (Å²) in [6, 6.07) is 1.28. The van der Waals surface area contributed by atoms with Crippen molar-refractivity contribution >= 4 is 8.32 Å². The van der Waals surface area contributed by atoms with Crippen LogP contribution in [0.4, 0.5) is 0 Å². The summed E-state index contributed by atoms with van der Waals surface area (Å²) in [5.41, 5.74) is 0. The first-order chi connectivity index (χ1) is 6.62. The summed E-state index contributed by atoms with van der Waals surface area (Å²) in [5, 5.41) is 0.629.